The molecule has 0 spiro atoms. The monoisotopic (exact) mass is 339 g/mol. The molecule has 0 amide bonds. The number of aryl methyl sites for hydroxylation is 1. The summed E-state index contributed by atoms with van der Waals surface area (Å²) in [7, 11) is 0. The van der Waals surface area contributed by atoms with Gasteiger partial charge in [0.05, 0.1) is 11.6 Å². The van der Waals surface area contributed by atoms with Crippen LogP contribution in [-0.2, 0) is 5.54 Å². The summed E-state index contributed by atoms with van der Waals surface area (Å²) in [4.78, 5) is 0. The minimum atomic E-state index is -0.132. The van der Waals surface area contributed by atoms with Crippen molar-refractivity contribution in [3.8, 4) is 0 Å². The minimum Gasteiger partial charge on any atom is -0.373 e. The van der Waals surface area contributed by atoms with E-state index in [1.165, 1.54) is 62.6 Å². The van der Waals surface area contributed by atoms with Crippen molar-refractivity contribution in [1.29, 1.82) is 0 Å². The molecule has 0 atom stereocenters. The summed E-state index contributed by atoms with van der Waals surface area (Å²) in [6, 6.07) is 9.13. The van der Waals surface area contributed by atoms with Gasteiger partial charge in [-0.2, -0.15) is 0 Å². The molecule has 4 rings (SSSR count). The Morgan fingerprint density at radius 2 is 1.80 bits per heavy atom. The molecule has 1 N–H and O–H groups in total. The van der Waals surface area contributed by atoms with E-state index in [1.807, 2.05) is 0 Å². The van der Waals surface area contributed by atoms with E-state index in [-0.39, 0.29) is 5.54 Å². The van der Waals surface area contributed by atoms with Gasteiger partial charge in [-0.05, 0) is 60.7 Å². The first-order valence-corrected chi connectivity index (χ1v) is 9.90. The molecule has 2 aromatic rings. The number of nitrogens with one attached hydrogen (secondary N) is 1. The van der Waals surface area contributed by atoms with Crippen LogP contribution in [0.1, 0.15) is 81.6 Å². The van der Waals surface area contributed by atoms with Crippen molar-refractivity contribution in [2.24, 2.45) is 0 Å². The summed E-state index contributed by atoms with van der Waals surface area (Å²) >= 11 is 0. The van der Waals surface area contributed by atoms with Gasteiger partial charge in [0.1, 0.15) is 0 Å². The van der Waals surface area contributed by atoms with Crippen molar-refractivity contribution < 1.29 is 0 Å². The highest BCUT2D eigenvalue weighted by atomic mass is 15.6. The molecule has 0 unspecified atom stereocenters. The standard InChI is InChI=1S/C20H29N5/c1-16-9-8-10-17(15-16)21-20(13-6-3-7-14-20)19-22-23-24-25(19)18-11-4-2-5-12-18/h8-10,15,18,21H,2-7,11-14H2,1H3. The molecule has 2 aliphatic carbocycles. The quantitative estimate of drug-likeness (QED) is 0.872. The van der Waals surface area contributed by atoms with Gasteiger partial charge in [-0.15, -0.1) is 5.10 Å². The lowest BCUT2D eigenvalue weighted by atomic mass is 9.80. The van der Waals surface area contributed by atoms with Crippen molar-refractivity contribution in [3.63, 3.8) is 0 Å². The predicted molar refractivity (Wildman–Crippen MR) is 99.5 cm³/mol. The molecule has 25 heavy (non-hydrogen) atoms. The topological polar surface area (TPSA) is 55.6 Å². The molecule has 2 saturated carbocycles. The van der Waals surface area contributed by atoms with Crippen molar-refractivity contribution in [2.75, 3.05) is 5.32 Å². The molecule has 5 nitrogen and oxygen atoms in total. The molecule has 2 aliphatic rings. The SMILES string of the molecule is Cc1cccc(NC2(c3nnnn3C3CCCCC3)CCCCC2)c1. The number of aromatic nitrogens is 4. The van der Waals surface area contributed by atoms with Crippen LogP contribution in [-0.4, -0.2) is 20.2 Å². The summed E-state index contributed by atoms with van der Waals surface area (Å²) in [5.74, 6) is 1.06. The number of rotatable bonds is 4. The Balaban J connectivity index is 1.68. The second kappa shape index (κ2) is 7.14. The zero-order valence-corrected chi connectivity index (χ0v) is 15.2. The maximum atomic E-state index is 4.55. The van der Waals surface area contributed by atoms with Crippen LogP contribution in [0.5, 0.6) is 0 Å². The molecule has 5 heteroatoms. The zero-order valence-electron chi connectivity index (χ0n) is 15.2. The molecule has 134 valence electrons. The zero-order chi connectivity index (χ0) is 17.1. The van der Waals surface area contributed by atoms with Gasteiger partial charge >= 0.3 is 0 Å². The van der Waals surface area contributed by atoms with E-state index in [2.05, 4.69) is 56.7 Å². The molecule has 0 bridgehead atoms. The van der Waals surface area contributed by atoms with Crippen LogP contribution in [0.15, 0.2) is 24.3 Å². The Morgan fingerprint density at radius 1 is 1.04 bits per heavy atom. The maximum absolute atomic E-state index is 4.55. The van der Waals surface area contributed by atoms with Crippen LogP contribution in [0.2, 0.25) is 0 Å². The van der Waals surface area contributed by atoms with Gasteiger partial charge in [-0.3, -0.25) is 0 Å². The van der Waals surface area contributed by atoms with E-state index in [9.17, 15) is 0 Å². The number of anilines is 1. The molecular weight excluding hydrogens is 310 g/mol. The van der Waals surface area contributed by atoms with Gasteiger partial charge in [0.2, 0.25) is 0 Å². The van der Waals surface area contributed by atoms with Crippen LogP contribution < -0.4 is 5.32 Å². The van der Waals surface area contributed by atoms with Crippen molar-refractivity contribution in [2.45, 2.75) is 82.7 Å². The highest BCUT2D eigenvalue weighted by molar-refractivity contribution is 5.48. The lowest BCUT2D eigenvalue weighted by Crippen LogP contribution is -2.41. The molecule has 0 saturated heterocycles. The Kier molecular flexibility index (Phi) is 4.73. The summed E-state index contributed by atoms with van der Waals surface area (Å²) in [6.45, 7) is 2.14. The lowest BCUT2D eigenvalue weighted by Gasteiger charge is -2.39. The molecule has 2 fully saturated rings. The van der Waals surface area contributed by atoms with Gasteiger partial charge in [0.15, 0.2) is 5.82 Å². The molecule has 1 aromatic carbocycles. The first-order valence-electron chi connectivity index (χ1n) is 9.90. The van der Waals surface area contributed by atoms with E-state index in [4.69, 9.17) is 0 Å². The normalized spacial score (nSPS) is 21.2. The van der Waals surface area contributed by atoms with E-state index in [1.54, 1.807) is 0 Å². The fourth-order valence-corrected chi connectivity index (χ4v) is 4.64. The Hall–Kier alpha value is -1.91. The number of hydrogen-bond donors (Lipinski definition) is 1. The third-order valence-corrected chi connectivity index (χ3v) is 5.95. The van der Waals surface area contributed by atoms with Crippen LogP contribution in [0.25, 0.3) is 0 Å². The largest absolute Gasteiger partial charge is 0.373 e. The first kappa shape index (κ1) is 16.6. The summed E-state index contributed by atoms with van der Waals surface area (Å²) < 4.78 is 2.16. The Morgan fingerprint density at radius 3 is 2.56 bits per heavy atom. The first-order chi connectivity index (χ1) is 12.3. The molecular formula is C20H29N5. The average molecular weight is 339 g/mol. The van der Waals surface area contributed by atoms with Crippen molar-refractivity contribution in [1.82, 2.24) is 20.2 Å². The second-order valence-corrected chi connectivity index (χ2v) is 7.88. The summed E-state index contributed by atoms with van der Waals surface area (Å²) in [5.41, 5.74) is 2.33. The third-order valence-electron chi connectivity index (χ3n) is 5.95. The number of tetrazole rings is 1. The van der Waals surface area contributed by atoms with Crippen LogP contribution >= 0.6 is 0 Å². The van der Waals surface area contributed by atoms with Crippen molar-refractivity contribution in [3.05, 3.63) is 35.7 Å². The molecule has 1 aromatic heterocycles. The number of benzene rings is 1. The molecule has 0 radical (unpaired) electrons. The average Bonchev–Trinajstić information content (AvgIpc) is 3.14. The minimum absolute atomic E-state index is 0.132. The van der Waals surface area contributed by atoms with Gasteiger partial charge < -0.3 is 5.32 Å². The van der Waals surface area contributed by atoms with E-state index in [0.29, 0.717) is 6.04 Å². The van der Waals surface area contributed by atoms with Gasteiger partial charge in [0, 0.05) is 5.69 Å². The highest BCUT2D eigenvalue weighted by Gasteiger charge is 2.40. The van der Waals surface area contributed by atoms with Crippen LogP contribution in [0.4, 0.5) is 5.69 Å². The lowest BCUT2D eigenvalue weighted by molar-refractivity contribution is 0.263. The Bertz CT molecular complexity index is 696. The fourth-order valence-electron chi connectivity index (χ4n) is 4.64. The molecule has 1 heterocycles. The van der Waals surface area contributed by atoms with Crippen LogP contribution in [0.3, 0.4) is 0 Å². The highest BCUT2D eigenvalue weighted by Crippen LogP contribution is 2.41. The van der Waals surface area contributed by atoms with Gasteiger partial charge in [0.25, 0.3) is 0 Å². The van der Waals surface area contributed by atoms with Gasteiger partial charge in [-0.1, -0.05) is 50.7 Å². The van der Waals surface area contributed by atoms with Crippen LogP contribution in [0, 0.1) is 6.92 Å². The number of nitrogens with zero attached hydrogens (tertiary/aromatic N) is 4. The smallest absolute Gasteiger partial charge is 0.177 e. The predicted octanol–water partition coefficient (Wildman–Crippen LogP) is 4.76. The number of hydrogen-bond acceptors (Lipinski definition) is 4. The molecule has 0 aliphatic heterocycles. The van der Waals surface area contributed by atoms with E-state index >= 15 is 0 Å². The van der Waals surface area contributed by atoms with E-state index in [0.717, 1.165) is 18.7 Å². The third kappa shape index (κ3) is 3.42. The van der Waals surface area contributed by atoms with Crippen molar-refractivity contribution >= 4 is 5.69 Å². The fraction of sp³-hybridized carbons (Fsp3) is 0.650. The maximum Gasteiger partial charge on any atom is 0.177 e. The summed E-state index contributed by atoms with van der Waals surface area (Å²) in [5, 5.41) is 16.9. The summed E-state index contributed by atoms with van der Waals surface area (Å²) in [6.07, 6.45) is 12.3. The Labute approximate surface area is 150 Å². The van der Waals surface area contributed by atoms with Gasteiger partial charge in [-0.25, -0.2) is 4.68 Å². The van der Waals surface area contributed by atoms with E-state index < -0.39 is 0 Å². The second-order valence-electron chi connectivity index (χ2n) is 7.88.